The summed E-state index contributed by atoms with van der Waals surface area (Å²) in [4.78, 5) is 11.6. The van der Waals surface area contributed by atoms with Crippen LogP contribution >= 0.6 is 0 Å². The molecule has 20 heavy (non-hydrogen) atoms. The molecule has 3 aliphatic rings. The molecule has 1 aromatic carbocycles. The Bertz CT molecular complexity index is 613. The second-order valence-corrected chi connectivity index (χ2v) is 7.47. The maximum absolute atomic E-state index is 12.7. The van der Waals surface area contributed by atoms with Gasteiger partial charge >= 0.3 is 5.97 Å². The minimum atomic E-state index is -3.59. The van der Waals surface area contributed by atoms with E-state index in [1.165, 1.54) is 4.31 Å². The minimum absolute atomic E-state index is 0.166. The topological polar surface area (TPSA) is 74.7 Å². The van der Waals surface area contributed by atoms with E-state index < -0.39 is 28.0 Å². The van der Waals surface area contributed by atoms with Gasteiger partial charge in [-0.15, -0.1) is 0 Å². The van der Waals surface area contributed by atoms with Crippen molar-refractivity contribution in [2.75, 3.05) is 6.54 Å². The second kappa shape index (κ2) is 4.86. The lowest BCUT2D eigenvalue weighted by molar-refractivity contribution is -0.147. The Morgan fingerprint density at radius 2 is 1.90 bits per heavy atom. The molecule has 1 aliphatic carbocycles. The summed E-state index contributed by atoms with van der Waals surface area (Å²) in [5.41, 5.74) is 0. The number of benzene rings is 1. The summed E-state index contributed by atoms with van der Waals surface area (Å²) < 4.78 is 26.8. The first-order valence-electron chi connectivity index (χ1n) is 6.80. The van der Waals surface area contributed by atoms with Crippen molar-refractivity contribution in [2.24, 2.45) is 11.8 Å². The van der Waals surface area contributed by atoms with Gasteiger partial charge in [-0.1, -0.05) is 18.2 Å². The molecule has 2 heterocycles. The van der Waals surface area contributed by atoms with Crippen LogP contribution in [0.1, 0.15) is 19.3 Å². The van der Waals surface area contributed by atoms with Crippen LogP contribution in [-0.4, -0.2) is 36.4 Å². The standard InChI is InChI=1S/C14H17NO4S/c16-14(17)12-8-10-6-7-13(12)15(9-10)20(18,19)11-4-2-1-3-5-11/h1-5,10,12-13H,6-9H2,(H,16,17). The van der Waals surface area contributed by atoms with Gasteiger partial charge in [0.15, 0.2) is 0 Å². The average molecular weight is 295 g/mol. The zero-order chi connectivity index (χ0) is 14.3. The zero-order valence-corrected chi connectivity index (χ0v) is 11.8. The van der Waals surface area contributed by atoms with E-state index in [0.717, 1.165) is 6.42 Å². The number of hydrogen-bond donors (Lipinski definition) is 1. The number of hydrogen-bond acceptors (Lipinski definition) is 3. The van der Waals surface area contributed by atoms with E-state index in [0.29, 0.717) is 19.4 Å². The number of carboxylic acid groups (broad SMARTS) is 1. The number of carboxylic acids is 1. The van der Waals surface area contributed by atoms with Crippen LogP contribution in [0.15, 0.2) is 35.2 Å². The van der Waals surface area contributed by atoms with Crippen molar-refractivity contribution in [3.63, 3.8) is 0 Å². The van der Waals surface area contributed by atoms with E-state index in [9.17, 15) is 18.3 Å². The van der Waals surface area contributed by atoms with Crippen molar-refractivity contribution in [3.8, 4) is 0 Å². The molecule has 0 spiro atoms. The van der Waals surface area contributed by atoms with E-state index in [2.05, 4.69) is 0 Å². The van der Waals surface area contributed by atoms with Crippen LogP contribution in [0, 0.1) is 11.8 Å². The molecule has 3 fully saturated rings. The van der Waals surface area contributed by atoms with E-state index in [-0.39, 0.29) is 10.8 Å². The van der Waals surface area contributed by atoms with Crippen LogP contribution in [0.5, 0.6) is 0 Å². The van der Waals surface area contributed by atoms with Crippen molar-refractivity contribution in [1.29, 1.82) is 0 Å². The highest BCUT2D eigenvalue weighted by Crippen LogP contribution is 2.41. The molecule has 0 radical (unpaired) electrons. The first kappa shape index (κ1) is 13.6. The van der Waals surface area contributed by atoms with Crippen molar-refractivity contribution >= 4 is 16.0 Å². The molecule has 1 saturated carbocycles. The summed E-state index contributed by atoms with van der Waals surface area (Å²) in [5, 5.41) is 9.29. The summed E-state index contributed by atoms with van der Waals surface area (Å²) in [7, 11) is -3.59. The Kier molecular flexibility index (Phi) is 3.30. The molecule has 3 unspecified atom stereocenters. The highest BCUT2D eigenvalue weighted by Gasteiger charge is 2.48. The minimum Gasteiger partial charge on any atom is -0.481 e. The number of carbonyl (C=O) groups is 1. The zero-order valence-electron chi connectivity index (χ0n) is 11.0. The number of piperidine rings is 2. The van der Waals surface area contributed by atoms with E-state index in [1.807, 2.05) is 0 Å². The Labute approximate surface area is 118 Å². The Hall–Kier alpha value is -1.40. The van der Waals surface area contributed by atoms with E-state index >= 15 is 0 Å². The fraction of sp³-hybridized carbons (Fsp3) is 0.500. The third kappa shape index (κ3) is 2.13. The quantitative estimate of drug-likeness (QED) is 0.918. The van der Waals surface area contributed by atoms with Gasteiger partial charge in [0.1, 0.15) is 0 Å². The van der Waals surface area contributed by atoms with Crippen molar-refractivity contribution in [2.45, 2.75) is 30.2 Å². The van der Waals surface area contributed by atoms with Crippen LogP contribution in [0.4, 0.5) is 0 Å². The van der Waals surface area contributed by atoms with Crippen LogP contribution < -0.4 is 0 Å². The molecule has 6 heteroatoms. The van der Waals surface area contributed by atoms with Crippen LogP contribution in [-0.2, 0) is 14.8 Å². The molecule has 1 aromatic rings. The highest BCUT2D eigenvalue weighted by atomic mass is 32.2. The number of aliphatic carboxylic acids is 1. The molecule has 4 rings (SSSR count). The third-order valence-corrected chi connectivity index (χ3v) is 6.30. The Morgan fingerprint density at radius 3 is 2.50 bits per heavy atom. The highest BCUT2D eigenvalue weighted by molar-refractivity contribution is 7.89. The normalized spacial score (nSPS) is 30.3. The van der Waals surface area contributed by atoms with Gasteiger partial charge in [-0.3, -0.25) is 4.79 Å². The van der Waals surface area contributed by atoms with Crippen LogP contribution in [0.2, 0.25) is 0 Å². The first-order chi connectivity index (χ1) is 9.50. The van der Waals surface area contributed by atoms with E-state index in [4.69, 9.17) is 0 Å². The monoisotopic (exact) mass is 295 g/mol. The molecular weight excluding hydrogens is 278 g/mol. The number of rotatable bonds is 3. The summed E-state index contributed by atoms with van der Waals surface area (Å²) >= 11 is 0. The molecule has 1 N–H and O–H groups in total. The van der Waals surface area contributed by atoms with Gasteiger partial charge in [-0.2, -0.15) is 4.31 Å². The lowest BCUT2D eigenvalue weighted by atomic mass is 9.74. The lowest BCUT2D eigenvalue weighted by Crippen LogP contribution is -2.56. The molecule has 0 aromatic heterocycles. The number of sulfonamides is 1. The summed E-state index contributed by atoms with van der Waals surface area (Å²) in [5.74, 6) is -1.28. The number of fused-ring (bicyclic) bond motifs is 3. The SMILES string of the molecule is O=C(O)C1CC2CCC1N(S(=O)(=O)c1ccccc1)C2. The van der Waals surface area contributed by atoms with Crippen LogP contribution in [0.3, 0.4) is 0 Å². The summed E-state index contributed by atoms with van der Waals surface area (Å²) in [6, 6.07) is 7.86. The largest absolute Gasteiger partial charge is 0.481 e. The predicted octanol–water partition coefficient (Wildman–Crippen LogP) is 1.56. The maximum atomic E-state index is 12.7. The van der Waals surface area contributed by atoms with Gasteiger partial charge in [0.05, 0.1) is 10.8 Å². The Morgan fingerprint density at radius 1 is 1.20 bits per heavy atom. The predicted molar refractivity (Wildman–Crippen MR) is 72.6 cm³/mol. The fourth-order valence-corrected chi connectivity index (χ4v) is 5.20. The molecule has 3 atom stereocenters. The second-order valence-electron chi connectivity index (χ2n) is 5.58. The first-order valence-corrected chi connectivity index (χ1v) is 8.24. The smallest absolute Gasteiger partial charge is 0.308 e. The number of nitrogens with zero attached hydrogens (tertiary/aromatic N) is 1. The molecule has 2 saturated heterocycles. The molecule has 2 bridgehead atoms. The van der Waals surface area contributed by atoms with Gasteiger partial charge in [0, 0.05) is 12.6 Å². The molecule has 108 valence electrons. The maximum Gasteiger partial charge on any atom is 0.308 e. The van der Waals surface area contributed by atoms with Crippen LogP contribution in [0.25, 0.3) is 0 Å². The van der Waals surface area contributed by atoms with Gasteiger partial charge in [0.25, 0.3) is 0 Å². The molecule has 0 amide bonds. The molecule has 5 nitrogen and oxygen atoms in total. The average Bonchev–Trinajstić information content (AvgIpc) is 2.48. The summed E-state index contributed by atoms with van der Waals surface area (Å²) in [6.07, 6.45) is 2.17. The van der Waals surface area contributed by atoms with Gasteiger partial charge in [0.2, 0.25) is 10.0 Å². The molecule has 2 aliphatic heterocycles. The van der Waals surface area contributed by atoms with Crippen molar-refractivity contribution in [1.82, 2.24) is 4.31 Å². The van der Waals surface area contributed by atoms with Crippen molar-refractivity contribution < 1.29 is 18.3 Å². The van der Waals surface area contributed by atoms with Gasteiger partial charge < -0.3 is 5.11 Å². The Balaban J connectivity index is 1.96. The summed E-state index contributed by atoms with van der Waals surface area (Å²) in [6.45, 7) is 0.450. The molecular formula is C14H17NO4S. The fourth-order valence-electron chi connectivity index (χ4n) is 3.41. The van der Waals surface area contributed by atoms with Gasteiger partial charge in [-0.05, 0) is 37.3 Å². The third-order valence-electron chi connectivity index (χ3n) is 4.40. The van der Waals surface area contributed by atoms with Gasteiger partial charge in [-0.25, -0.2) is 8.42 Å². The lowest BCUT2D eigenvalue weighted by Gasteiger charge is -2.47. The van der Waals surface area contributed by atoms with Crippen molar-refractivity contribution in [3.05, 3.63) is 30.3 Å². The van der Waals surface area contributed by atoms with E-state index in [1.54, 1.807) is 30.3 Å².